The van der Waals surface area contributed by atoms with Crippen LogP contribution in [0.2, 0.25) is 0 Å². The lowest BCUT2D eigenvalue weighted by atomic mass is 10.0. The van der Waals surface area contributed by atoms with Gasteiger partial charge in [0.2, 0.25) is 0 Å². The highest BCUT2D eigenvalue weighted by Gasteiger charge is 2.34. The molecule has 1 fully saturated rings. The van der Waals surface area contributed by atoms with Gasteiger partial charge in [-0.15, -0.1) is 0 Å². The van der Waals surface area contributed by atoms with Crippen LogP contribution in [0.15, 0.2) is 18.2 Å². The Balaban J connectivity index is 2.29. The van der Waals surface area contributed by atoms with Gasteiger partial charge in [-0.2, -0.15) is 13.2 Å². The molecule has 2 rings (SSSR count). The molecule has 0 amide bonds. The van der Waals surface area contributed by atoms with Crippen molar-refractivity contribution in [1.82, 2.24) is 4.90 Å². The van der Waals surface area contributed by atoms with Crippen LogP contribution < -0.4 is 10.6 Å². The number of alkyl halides is 3. The summed E-state index contributed by atoms with van der Waals surface area (Å²) in [5.41, 5.74) is 5.83. The van der Waals surface area contributed by atoms with E-state index in [4.69, 9.17) is 5.73 Å². The zero-order chi connectivity index (χ0) is 15.8. The Morgan fingerprint density at radius 1 is 1.19 bits per heavy atom. The topological polar surface area (TPSA) is 32.5 Å². The number of benzene rings is 1. The summed E-state index contributed by atoms with van der Waals surface area (Å²) in [6, 6.07) is 4.99. The van der Waals surface area contributed by atoms with Crippen molar-refractivity contribution in [2.24, 2.45) is 5.73 Å². The van der Waals surface area contributed by atoms with Crippen LogP contribution in [-0.4, -0.2) is 37.1 Å². The van der Waals surface area contributed by atoms with Gasteiger partial charge >= 0.3 is 6.18 Å². The highest BCUT2D eigenvalue weighted by Crippen LogP contribution is 2.34. The van der Waals surface area contributed by atoms with E-state index >= 15 is 0 Å². The third-order valence-electron chi connectivity index (χ3n) is 4.34. The van der Waals surface area contributed by atoms with Crippen molar-refractivity contribution in [3.05, 3.63) is 29.3 Å². The summed E-state index contributed by atoms with van der Waals surface area (Å²) in [7, 11) is 2.07. The van der Waals surface area contributed by atoms with E-state index in [2.05, 4.69) is 30.7 Å². The van der Waals surface area contributed by atoms with E-state index in [0.29, 0.717) is 12.1 Å². The molecule has 0 aromatic heterocycles. The van der Waals surface area contributed by atoms with E-state index in [-0.39, 0.29) is 12.1 Å². The first-order valence-corrected chi connectivity index (χ1v) is 7.11. The molecule has 0 aliphatic carbocycles. The van der Waals surface area contributed by atoms with Crippen LogP contribution in [0.1, 0.15) is 25.0 Å². The minimum Gasteiger partial charge on any atom is -0.368 e. The number of hydrogen-bond acceptors (Lipinski definition) is 3. The summed E-state index contributed by atoms with van der Waals surface area (Å²) >= 11 is 0. The van der Waals surface area contributed by atoms with Crippen LogP contribution >= 0.6 is 0 Å². The number of likely N-dealkylation sites (N-methyl/N-ethyl adjacent to an activating group) is 1. The molecule has 0 spiro atoms. The fourth-order valence-electron chi connectivity index (χ4n) is 2.84. The Bertz CT molecular complexity index is 489. The van der Waals surface area contributed by atoms with E-state index in [0.717, 1.165) is 24.8 Å². The number of anilines is 1. The molecule has 21 heavy (non-hydrogen) atoms. The molecule has 2 unspecified atom stereocenters. The SMILES string of the molecule is CC1CN(c2ccc(C(F)(F)F)c(CN)c2)CC(C)N1C. The molecule has 2 N–H and O–H groups in total. The van der Waals surface area contributed by atoms with E-state index in [1.165, 1.54) is 0 Å². The van der Waals surface area contributed by atoms with Gasteiger partial charge in [-0.05, 0) is 44.7 Å². The van der Waals surface area contributed by atoms with Crippen LogP contribution in [0.4, 0.5) is 18.9 Å². The second-order valence-corrected chi connectivity index (χ2v) is 5.81. The fourth-order valence-corrected chi connectivity index (χ4v) is 2.84. The maximum atomic E-state index is 12.9. The maximum Gasteiger partial charge on any atom is 0.416 e. The van der Waals surface area contributed by atoms with Crippen molar-refractivity contribution in [1.29, 1.82) is 0 Å². The lowest BCUT2D eigenvalue weighted by Crippen LogP contribution is -2.55. The van der Waals surface area contributed by atoms with Crippen molar-refractivity contribution in [3.8, 4) is 0 Å². The fraction of sp³-hybridized carbons (Fsp3) is 0.600. The molecule has 1 aromatic carbocycles. The molecule has 0 saturated carbocycles. The molecular formula is C15H22F3N3. The van der Waals surface area contributed by atoms with Gasteiger partial charge in [-0.25, -0.2) is 0 Å². The molecule has 1 aliphatic heterocycles. The Kier molecular flexibility index (Phi) is 4.49. The summed E-state index contributed by atoms with van der Waals surface area (Å²) in [6.45, 7) is 5.74. The zero-order valence-electron chi connectivity index (χ0n) is 12.6. The summed E-state index contributed by atoms with van der Waals surface area (Å²) in [5, 5.41) is 0. The van der Waals surface area contributed by atoms with E-state index in [1.54, 1.807) is 12.1 Å². The molecule has 2 atom stereocenters. The Morgan fingerprint density at radius 3 is 2.24 bits per heavy atom. The molecule has 1 aliphatic rings. The molecule has 1 aromatic rings. The normalized spacial score (nSPS) is 24.4. The van der Waals surface area contributed by atoms with Crippen molar-refractivity contribution < 1.29 is 13.2 Å². The molecular weight excluding hydrogens is 279 g/mol. The Labute approximate surface area is 123 Å². The van der Waals surface area contributed by atoms with Crippen LogP contribution in [0.3, 0.4) is 0 Å². The summed E-state index contributed by atoms with van der Waals surface area (Å²) < 4.78 is 38.7. The van der Waals surface area contributed by atoms with Gasteiger partial charge in [0.1, 0.15) is 0 Å². The van der Waals surface area contributed by atoms with E-state index in [9.17, 15) is 13.2 Å². The molecule has 1 saturated heterocycles. The van der Waals surface area contributed by atoms with E-state index < -0.39 is 11.7 Å². The second-order valence-electron chi connectivity index (χ2n) is 5.81. The highest BCUT2D eigenvalue weighted by atomic mass is 19.4. The second kappa shape index (κ2) is 5.85. The van der Waals surface area contributed by atoms with Crippen LogP contribution in [0.5, 0.6) is 0 Å². The van der Waals surface area contributed by atoms with Gasteiger partial charge in [0.25, 0.3) is 0 Å². The first-order chi connectivity index (χ1) is 9.74. The van der Waals surface area contributed by atoms with Crippen LogP contribution in [-0.2, 0) is 12.7 Å². The molecule has 0 bridgehead atoms. The predicted molar refractivity (Wildman–Crippen MR) is 78.2 cm³/mol. The number of nitrogens with zero attached hydrogens (tertiary/aromatic N) is 2. The molecule has 3 nitrogen and oxygen atoms in total. The number of hydrogen-bond donors (Lipinski definition) is 1. The van der Waals surface area contributed by atoms with Gasteiger partial charge in [0.05, 0.1) is 5.56 Å². The third-order valence-corrected chi connectivity index (χ3v) is 4.34. The third kappa shape index (κ3) is 3.32. The largest absolute Gasteiger partial charge is 0.416 e. The minimum absolute atomic E-state index is 0.110. The smallest absolute Gasteiger partial charge is 0.368 e. The van der Waals surface area contributed by atoms with Crippen molar-refractivity contribution >= 4 is 5.69 Å². The average molecular weight is 301 g/mol. The molecule has 0 radical (unpaired) electrons. The van der Waals surface area contributed by atoms with Gasteiger partial charge < -0.3 is 10.6 Å². The first kappa shape index (κ1) is 16.1. The van der Waals surface area contributed by atoms with E-state index in [1.807, 2.05) is 0 Å². The average Bonchev–Trinajstić information content (AvgIpc) is 2.42. The summed E-state index contributed by atoms with van der Waals surface area (Å²) in [6.07, 6.45) is -4.35. The summed E-state index contributed by atoms with van der Waals surface area (Å²) in [4.78, 5) is 4.42. The van der Waals surface area contributed by atoms with Gasteiger partial charge in [0.15, 0.2) is 0 Å². The first-order valence-electron chi connectivity index (χ1n) is 7.11. The number of piperazine rings is 1. The van der Waals surface area contributed by atoms with Crippen molar-refractivity contribution in [2.75, 3.05) is 25.0 Å². The van der Waals surface area contributed by atoms with Crippen LogP contribution in [0.25, 0.3) is 0 Å². The lowest BCUT2D eigenvalue weighted by Gasteiger charge is -2.43. The molecule has 6 heteroatoms. The standard InChI is InChI=1S/C15H22F3N3/c1-10-8-21(9-11(2)20(10)3)13-4-5-14(15(16,17)18)12(6-13)7-19/h4-6,10-11H,7-9,19H2,1-3H3. The highest BCUT2D eigenvalue weighted by molar-refractivity contribution is 5.52. The van der Waals surface area contributed by atoms with Crippen LogP contribution in [0, 0.1) is 0 Å². The predicted octanol–water partition coefficient (Wildman–Crippen LogP) is 2.69. The maximum absolute atomic E-state index is 12.9. The zero-order valence-corrected chi connectivity index (χ0v) is 12.6. The molecule has 1 heterocycles. The Hall–Kier alpha value is -1.27. The van der Waals surface area contributed by atoms with Crippen molar-refractivity contribution in [3.63, 3.8) is 0 Å². The minimum atomic E-state index is -4.35. The lowest BCUT2D eigenvalue weighted by molar-refractivity contribution is -0.138. The number of halogens is 3. The van der Waals surface area contributed by atoms with Crippen molar-refractivity contribution in [2.45, 2.75) is 38.7 Å². The van der Waals surface area contributed by atoms with Gasteiger partial charge in [0, 0.05) is 37.4 Å². The van der Waals surface area contributed by atoms with Gasteiger partial charge in [-0.3, -0.25) is 4.90 Å². The quantitative estimate of drug-likeness (QED) is 0.911. The molecule has 118 valence electrons. The van der Waals surface area contributed by atoms with Gasteiger partial charge in [-0.1, -0.05) is 0 Å². The Morgan fingerprint density at radius 2 is 1.76 bits per heavy atom. The summed E-state index contributed by atoms with van der Waals surface area (Å²) in [5.74, 6) is 0. The number of nitrogens with two attached hydrogens (primary N) is 1. The number of rotatable bonds is 2. The monoisotopic (exact) mass is 301 g/mol.